The number of hydrogen-bond donors (Lipinski definition) is 3. The smallest absolute Gasteiger partial charge is 0.242 e. The van der Waals surface area contributed by atoms with Crippen LogP contribution in [0.5, 0.6) is 0 Å². The van der Waals surface area contributed by atoms with Gasteiger partial charge in [-0.05, 0) is 95.0 Å². The second-order valence-electron chi connectivity index (χ2n) is 7.84. The van der Waals surface area contributed by atoms with E-state index in [0.29, 0.717) is 18.3 Å². The van der Waals surface area contributed by atoms with Crippen LogP contribution in [-0.2, 0) is 22.6 Å². The van der Waals surface area contributed by atoms with Crippen molar-refractivity contribution in [3.8, 4) is 0 Å². The summed E-state index contributed by atoms with van der Waals surface area (Å²) in [5.74, 6) is 0.697. The molecule has 0 aromatic carbocycles. The van der Waals surface area contributed by atoms with Crippen LogP contribution in [0.1, 0.15) is 42.3 Å². The largest absolute Gasteiger partial charge is 0.384 e. The van der Waals surface area contributed by atoms with Gasteiger partial charge < -0.3 is 16.4 Å². The first-order valence-corrected chi connectivity index (χ1v) is 12.4. The minimum absolute atomic E-state index is 0.0272. The van der Waals surface area contributed by atoms with Crippen molar-refractivity contribution < 1.29 is 9.59 Å². The average molecular weight is 558 g/mol. The van der Waals surface area contributed by atoms with Crippen LogP contribution in [0.4, 0.5) is 5.82 Å². The molecule has 0 spiro atoms. The molecule has 1 fully saturated rings. The summed E-state index contributed by atoms with van der Waals surface area (Å²) in [6.45, 7) is 3.93. The molecule has 2 amide bonds. The zero-order chi connectivity index (χ0) is 21.8. The molecule has 0 aliphatic heterocycles. The van der Waals surface area contributed by atoms with Crippen LogP contribution in [0.3, 0.4) is 0 Å². The number of nitrogens with one attached hydrogen (secondary N) is 2. The lowest BCUT2D eigenvalue weighted by Crippen LogP contribution is -2.46. The molecule has 3 rings (SSSR count). The zero-order valence-corrected chi connectivity index (χ0v) is 21.0. The summed E-state index contributed by atoms with van der Waals surface area (Å²) in [5, 5.41) is 5.74. The molecule has 4 N–H and O–H groups in total. The first kappa shape index (κ1) is 23.2. The van der Waals surface area contributed by atoms with Crippen LogP contribution in [0, 0.1) is 18.8 Å². The highest BCUT2D eigenvalue weighted by molar-refractivity contribution is 9.13. The molecule has 2 heterocycles. The molecular formula is C21H26Br2N4O2S. The van der Waals surface area contributed by atoms with Gasteiger partial charge in [0.1, 0.15) is 11.9 Å². The normalized spacial score (nSPS) is 19.5. The van der Waals surface area contributed by atoms with E-state index in [4.69, 9.17) is 5.73 Å². The van der Waals surface area contributed by atoms with E-state index in [0.717, 1.165) is 45.2 Å². The maximum absolute atomic E-state index is 12.7. The molecule has 30 heavy (non-hydrogen) atoms. The molecule has 6 nitrogen and oxygen atoms in total. The highest BCUT2D eigenvalue weighted by Gasteiger charge is 2.31. The summed E-state index contributed by atoms with van der Waals surface area (Å²) >= 11 is 8.80. The average Bonchev–Trinajstić information content (AvgIpc) is 3.27. The second-order valence-corrected chi connectivity index (χ2v) is 11.2. The van der Waals surface area contributed by atoms with Crippen molar-refractivity contribution >= 4 is 60.8 Å². The molecule has 0 radical (unpaired) electrons. The maximum atomic E-state index is 12.7. The number of halogens is 2. The van der Waals surface area contributed by atoms with Gasteiger partial charge in [-0.2, -0.15) is 0 Å². The zero-order valence-electron chi connectivity index (χ0n) is 17.0. The third-order valence-corrected chi connectivity index (χ3v) is 8.80. The van der Waals surface area contributed by atoms with Crippen molar-refractivity contribution in [1.82, 2.24) is 15.6 Å². The fourth-order valence-electron chi connectivity index (χ4n) is 3.80. The highest BCUT2D eigenvalue weighted by atomic mass is 79.9. The monoisotopic (exact) mass is 556 g/mol. The van der Waals surface area contributed by atoms with Gasteiger partial charge in [-0.15, -0.1) is 11.3 Å². The Morgan fingerprint density at radius 2 is 2.10 bits per heavy atom. The Kier molecular flexibility index (Phi) is 7.92. The quantitative estimate of drug-likeness (QED) is 0.471. The lowest BCUT2D eigenvalue weighted by Gasteiger charge is -2.17. The molecule has 1 aliphatic carbocycles. The van der Waals surface area contributed by atoms with E-state index in [-0.39, 0.29) is 17.7 Å². The Labute approximate surface area is 197 Å². The van der Waals surface area contributed by atoms with E-state index in [1.165, 1.54) is 4.88 Å². The number of nitrogens with two attached hydrogens (primary N) is 1. The highest BCUT2D eigenvalue weighted by Crippen LogP contribution is 2.38. The first-order chi connectivity index (χ1) is 14.2. The third-order valence-electron chi connectivity index (χ3n) is 5.52. The standard InChI is InChI=1S/C21H26Br2N4O2S/c1-11-15(5-6-18(24)26-11)10-25-20(28)12(2)27-21(29)14-4-3-13(7-14)8-16-9-17(22)19(23)30-16/h5-6,9,12-14H,3-4,7-8,10H2,1-2H3,(H2,24,26)(H,25,28)(H,27,29)/t12-,13+,14+/m0/s1. The molecule has 9 heteroatoms. The van der Waals surface area contributed by atoms with Gasteiger partial charge in [0.15, 0.2) is 0 Å². The lowest BCUT2D eigenvalue weighted by atomic mass is 10.0. The third kappa shape index (κ3) is 6.04. The van der Waals surface area contributed by atoms with Crippen molar-refractivity contribution in [2.75, 3.05) is 5.73 Å². The Morgan fingerprint density at radius 1 is 1.33 bits per heavy atom. The number of hydrogen-bond acceptors (Lipinski definition) is 5. The van der Waals surface area contributed by atoms with Crippen LogP contribution in [0.2, 0.25) is 0 Å². The number of aromatic nitrogens is 1. The van der Waals surface area contributed by atoms with Gasteiger partial charge in [0, 0.05) is 27.5 Å². The maximum Gasteiger partial charge on any atom is 0.242 e. The van der Waals surface area contributed by atoms with Crippen LogP contribution < -0.4 is 16.4 Å². The number of nitrogens with zero attached hydrogens (tertiary/aromatic N) is 1. The molecule has 3 atom stereocenters. The molecule has 0 saturated heterocycles. The Hall–Kier alpha value is -1.45. The number of carbonyl (C=O) groups is 2. The topological polar surface area (TPSA) is 97.1 Å². The van der Waals surface area contributed by atoms with Gasteiger partial charge in [-0.25, -0.2) is 4.98 Å². The summed E-state index contributed by atoms with van der Waals surface area (Å²) in [4.78, 5) is 30.6. The minimum Gasteiger partial charge on any atom is -0.384 e. The van der Waals surface area contributed by atoms with E-state index in [9.17, 15) is 9.59 Å². The molecule has 1 aliphatic rings. The Balaban J connectivity index is 1.45. The fourth-order valence-corrected chi connectivity index (χ4v) is 6.09. The molecular weight excluding hydrogens is 532 g/mol. The number of rotatable bonds is 7. The van der Waals surface area contributed by atoms with Gasteiger partial charge in [0.05, 0.1) is 3.79 Å². The van der Waals surface area contributed by atoms with Crippen molar-refractivity contribution in [2.24, 2.45) is 11.8 Å². The lowest BCUT2D eigenvalue weighted by molar-refractivity contribution is -0.130. The van der Waals surface area contributed by atoms with Gasteiger partial charge in [0.2, 0.25) is 11.8 Å². The summed E-state index contributed by atoms with van der Waals surface area (Å²) in [5.41, 5.74) is 7.35. The summed E-state index contributed by atoms with van der Waals surface area (Å²) in [6.07, 6.45) is 3.76. The number of nitrogen functional groups attached to an aromatic ring is 1. The summed E-state index contributed by atoms with van der Waals surface area (Å²) in [6, 6.07) is 5.13. The van der Waals surface area contributed by atoms with Gasteiger partial charge in [-0.3, -0.25) is 9.59 Å². The molecule has 2 aromatic heterocycles. The molecule has 162 valence electrons. The predicted octanol–water partition coefficient (Wildman–Crippen LogP) is 4.34. The van der Waals surface area contributed by atoms with E-state index in [2.05, 4.69) is 53.5 Å². The van der Waals surface area contributed by atoms with Crippen LogP contribution in [0.15, 0.2) is 26.5 Å². The number of pyridine rings is 1. The number of aryl methyl sites for hydroxylation is 1. The minimum atomic E-state index is -0.581. The van der Waals surface area contributed by atoms with Gasteiger partial charge >= 0.3 is 0 Å². The van der Waals surface area contributed by atoms with Crippen molar-refractivity contribution in [3.63, 3.8) is 0 Å². The van der Waals surface area contributed by atoms with Crippen molar-refractivity contribution in [1.29, 1.82) is 0 Å². The number of anilines is 1. The van der Waals surface area contributed by atoms with Crippen molar-refractivity contribution in [2.45, 2.75) is 52.1 Å². The first-order valence-electron chi connectivity index (χ1n) is 9.96. The molecule has 0 bridgehead atoms. The summed E-state index contributed by atoms with van der Waals surface area (Å²) in [7, 11) is 0. The van der Waals surface area contributed by atoms with Gasteiger partial charge in [0.25, 0.3) is 0 Å². The van der Waals surface area contributed by atoms with E-state index >= 15 is 0 Å². The predicted molar refractivity (Wildman–Crippen MR) is 127 cm³/mol. The number of carbonyl (C=O) groups excluding carboxylic acids is 2. The Bertz CT molecular complexity index is 914. The SMILES string of the molecule is Cc1nc(N)ccc1CNC(=O)[C@H](C)NC(=O)[C@@H]1CC[C@@H](Cc2cc(Br)c(Br)s2)C1. The van der Waals surface area contributed by atoms with E-state index in [1.54, 1.807) is 24.3 Å². The van der Waals surface area contributed by atoms with Gasteiger partial charge in [-0.1, -0.05) is 6.07 Å². The van der Waals surface area contributed by atoms with Crippen molar-refractivity contribution in [3.05, 3.63) is 42.6 Å². The molecule has 0 unspecified atom stereocenters. The van der Waals surface area contributed by atoms with Crippen LogP contribution >= 0.6 is 43.2 Å². The van der Waals surface area contributed by atoms with E-state index < -0.39 is 6.04 Å². The molecule has 1 saturated carbocycles. The fraction of sp³-hybridized carbons (Fsp3) is 0.476. The molecule has 2 aromatic rings. The van der Waals surface area contributed by atoms with Crippen LogP contribution in [-0.4, -0.2) is 22.8 Å². The van der Waals surface area contributed by atoms with E-state index in [1.807, 2.05) is 13.0 Å². The number of amides is 2. The number of thiophene rings is 1. The second kappa shape index (κ2) is 10.2. The van der Waals surface area contributed by atoms with Crippen LogP contribution in [0.25, 0.3) is 0 Å². The summed E-state index contributed by atoms with van der Waals surface area (Å²) < 4.78 is 2.19. The Morgan fingerprint density at radius 3 is 2.77 bits per heavy atom.